The van der Waals surface area contributed by atoms with Crippen molar-refractivity contribution in [2.75, 3.05) is 0 Å². The van der Waals surface area contributed by atoms with Crippen molar-refractivity contribution in [1.29, 1.82) is 0 Å². The highest BCUT2D eigenvalue weighted by molar-refractivity contribution is 7.91. The van der Waals surface area contributed by atoms with Gasteiger partial charge in [-0.3, -0.25) is 4.79 Å². The van der Waals surface area contributed by atoms with Crippen LogP contribution in [0.4, 0.5) is 0 Å². The van der Waals surface area contributed by atoms with Gasteiger partial charge < -0.3 is 15.5 Å². The number of carbonyl (C=O) groups excluding carboxylic acids is 1. The van der Waals surface area contributed by atoms with Crippen LogP contribution in [0.5, 0.6) is 0 Å². The summed E-state index contributed by atoms with van der Waals surface area (Å²) in [7, 11) is -4.06. The van der Waals surface area contributed by atoms with Crippen LogP contribution < -0.4 is 5.73 Å². The molecular formula is C22H23ClN2O4S. The molecule has 30 heavy (non-hydrogen) atoms. The van der Waals surface area contributed by atoms with Crippen molar-refractivity contribution < 1.29 is 17.9 Å². The van der Waals surface area contributed by atoms with E-state index in [-0.39, 0.29) is 12.1 Å². The molecule has 0 aliphatic carbocycles. The average molecular weight is 447 g/mol. The number of aromatic nitrogens is 1. The Morgan fingerprint density at radius 2 is 1.93 bits per heavy atom. The smallest absolute Gasteiger partial charge is 0.307 e. The Morgan fingerprint density at radius 1 is 1.23 bits per heavy atom. The molecule has 3 N–H and O–H groups in total. The van der Waals surface area contributed by atoms with Crippen LogP contribution in [0.15, 0.2) is 61.2 Å². The molecule has 0 bridgehead atoms. The molecular weight excluding hydrogens is 424 g/mol. The number of fused-ring (bicyclic) bond motifs is 1. The quantitative estimate of drug-likeness (QED) is 0.389. The zero-order valence-corrected chi connectivity index (χ0v) is 18.0. The fourth-order valence-electron chi connectivity index (χ4n) is 3.20. The molecule has 6 nitrogen and oxygen atoms in total. The van der Waals surface area contributed by atoms with Gasteiger partial charge in [-0.15, -0.1) is 6.58 Å². The normalized spacial score (nSPS) is 13.7. The molecule has 2 aromatic carbocycles. The van der Waals surface area contributed by atoms with Crippen molar-refractivity contribution in [2.24, 2.45) is 5.73 Å². The maximum Gasteiger partial charge on any atom is 0.307 e. The third kappa shape index (κ3) is 4.43. The van der Waals surface area contributed by atoms with Gasteiger partial charge in [0.15, 0.2) is 0 Å². The summed E-state index contributed by atoms with van der Waals surface area (Å²) in [5.41, 5.74) is 6.43. The van der Waals surface area contributed by atoms with Crippen molar-refractivity contribution in [3.63, 3.8) is 0 Å². The first-order chi connectivity index (χ1) is 14.3. The van der Waals surface area contributed by atoms with Gasteiger partial charge in [-0.25, -0.2) is 8.42 Å². The molecule has 2 atom stereocenters. The molecule has 158 valence electrons. The van der Waals surface area contributed by atoms with Crippen molar-refractivity contribution in [2.45, 2.75) is 30.6 Å². The number of nitrogens with one attached hydrogen (secondary N) is 1. The van der Waals surface area contributed by atoms with E-state index >= 15 is 0 Å². The fraction of sp³-hybridized carbons (Fsp3) is 0.227. The van der Waals surface area contributed by atoms with E-state index in [0.717, 1.165) is 5.56 Å². The van der Waals surface area contributed by atoms with Crippen molar-refractivity contribution in [3.8, 4) is 0 Å². The predicted octanol–water partition coefficient (Wildman–Crippen LogP) is 4.57. The molecule has 3 rings (SSSR count). The number of aromatic amines is 1. The highest BCUT2D eigenvalue weighted by atomic mass is 35.5. The van der Waals surface area contributed by atoms with Crippen LogP contribution in [0.2, 0.25) is 5.02 Å². The number of ether oxygens (including phenoxy) is 1. The van der Waals surface area contributed by atoms with Gasteiger partial charge in [-0.2, -0.15) is 0 Å². The Bertz CT molecular complexity index is 1170. The van der Waals surface area contributed by atoms with E-state index < -0.39 is 26.5 Å². The number of hydrogen-bond donors (Lipinski definition) is 2. The molecule has 0 spiro atoms. The van der Waals surface area contributed by atoms with Crippen LogP contribution in [0.1, 0.15) is 40.9 Å². The summed E-state index contributed by atoms with van der Waals surface area (Å²) in [6, 6.07) is 13.7. The molecule has 0 fully saturated rings. The monoisotopic (exact) mass is 446 g/mol. The lowest BCUT2D eigenvalue weighted by atomic mass is 10.1. The van der Waals surface area contributed by atoms with Crippen LogP contribution in [0, 0.1) is 0 Å². The minimum absolute atomic E-state index is 0.0437. The summed E-state index contributed by atoms with van der Waals surface area (Å²) in [5.74, 6) is -0.624. The zero-order chi connectivity index (χ0) is 21.9. The van der Waals surface area contributed by atoms with Crippen LogP contribution >= 0.6 is 11.6 Å². The van der Waals surface area contributed by atoms with Crippen LogP contribution in [-0.4, -0.2) is 19.4 Å². The summed E-state index contributed by atoms with van der Waals surface area (Å²) >= 11 is 6.04. The standard InChI is InChI=1S/C22H23ClN2O4S/c1-3-20(15-7-5-14(13-24)6-8-15)30(27,28)22(29-21(26)4-2)19-12-16-11-17(23)9-10-18(16)25-19/h3,5-12,20,22,25H,1,4,13,24H2,2H3. The number of rotatable bonds is 8. The van der Waals surface area contributed by atoms with E-state index in [1.165, 1.54) is 6.08 Å². The number of halogens is 1. The van der Waals surface area contributed by atoms with Crippen molar-refractivity contribution >= 4 is 38.3 Å². The summed E-state index contributed by atoms with van der Waals surface area (Å²) in [5, 5.41) is 0.156. The SMILES string of the molecule is C=CC(c1ccc(CN)cc1)S(=O)(=O)C(OC(=O)CC)c1cc2cc(Cl)ccc2[nH]1. The number of hydrogen-bond acceptors (Lipinski definition) is 5. The van der Waals surface area contributed by atoms with E-state index in [1.807, 2.05) is 0 Å². The maximum atomic E-state index is 13.6. The Balaban J connectivity index is 2.09. The lowest BCUT2D eigenvalue weighted by Gasteiger charge is -2.22. The summed E-state index contributed by atoms with van der Waals surface area (Å²) < 4.78 is 32.6. The lowest BCUT2D eigenvalue weighted by Crippen LogP contribution is -2.24. The van der Waals surface area contributed by atoms with Crippen molar-refractivity contribution in [3.05, 3.63) is 83.0 Å². The molecule has 1 heterocycles. The second-order valence-corrected chi connectivity index (χ2v) is 9.37. The van der Waals surface area contributed by atoms with E-state index in [1.54, 1.807) is 55.5 Å². The molecule has 2 unspecified atom stereocenters. The van der Waals surface area contributed by atoms with Gasteiger partial charge in [0, 0.05) is 28.9 Å². The molecule has 0 aliphatic rings. The number of H-pyrrole nitrogens is 1. The number of carbonyl (C=O) groups is 1. The fourth-order valence-corrected chi connectivity index (χ4v) is 5.17. The first kappa shape index (κ1) is 22.1. The van der Waals surface area contributed by atoms with Gasteiger partial charge in [0.05, 0.1) is 5.69 Å². The number of esters is 1. The molecule has 3 aromatic rings. The van der Waals surface area contributed by atoms with E-state index in [4.69, 9.17) is 22.1 Å². The zero-order valence-electron chi connectivity index (χ0n) is 16.5. The minimum atomic E-state index is -4.06. The van der Waals surface area contributed by atoms with Gasteiger partial charge in [0.25, 0.3) is 0 Å². The molecule has 0 radical (unpaired) electrons. The van der Waals surface area contributed by atoms with Gasteiger partial charge in [-0.1, -0.05) is 48.9 Å². The first-order valence-corrected chi connectivity index (χ1v) is 11.4. The third-order valence-electron chi connectivity index (χ3n) is 4.80. The molecule has 0 saturated heterocycles. The predicted molar refractivity (Wildman–Crippen MR) is 119 cm³/mol. The average Bonchev–Trinajstić information content (AvgIpc) is 3.15. The highest BCUT2D eigenvalue weighted by Crippen LogP contribution is 2.37. The number of nitrogens with two attached hydrogens (primary N) is 1. The number of benzene rings is 2. The van der Waals surface area contributed by atoms with Crippen LogP contribution in [-0.2, 0) is 25.9 Å². The first-order valence-electron chi connectivity index (χ1n) is 9.42. The Hall–Kier alpha value is -2.61. The summed E-state index contributed by atoms with van der Waals surface area (Å²) in [4.78, 5) is 15.1. The summed E-state index contributed by atoms with van der Waals surface area (Å²) in [6.07, 6.45) is 1.38. The maximum absolute atomic E-state index is 13.6. The highest BCUT2D eigenvalue weighted by Gasteiger charge is 2.38. The second kappa shape index (κ2) is 9.04. The van der Waals surface area contributed by atoms with Crippen LogP contribution in [0.25, 0.3) is 10.9 Å². The van der Waals surface area contributed by atoms with E-state index in [9.17, 15) is 13.2 Å². The van der Waals surface area contributed by atoms with Gasteiger partial charge in [0.1, 0.15) is 5.25 Å². The third-order valence-corrected chi connectivity index (χ3v) is 7.15. The molecule has 0 saturated carbocycles. The second-order valence-electron chi connectivity index (χ2n) is 6.82. The largest absolute Gasteiger partial charge is 0.439 e. The Morgan fingerprint density at radius 3 is 2.53 bits per heavy atom. The van der Waals surface area contributed by atoms with E-state index in [0.29, 0.717) is 28.0 Å². The van der Waals surface area contributed by atoms with Crippen molar-refractivity contribution in [1.82, 2.24) is 4.98 Å². The van der Waals surface area contributed by atoms with Gasteiger partial charge in [0.2, 0.25) is 15.3 Å². The van der Waals surface area contributed by atoms with Gasteiger partial charge in [-0.05, 0) is 35.4 Å². The summed E-state index contributed by atoms with van der Waals surface area (Å²) in [6.45, 7) is 5.66. The van der Waals surface area contributed by atoms with Crippen LogP contribution in [0.3, 0.4) is 0 Å². The molecule has 0 aliphatic heterocycles. The number of sulfone groups is 1. The molecule has 1 aromatic heterocycles. The molecule has 0 amide bonds. The topological polar surface area (TPSA) is 102 Å². The minimum Gasteiger partial charge on any atom is -0.439 e. The Kier molecular flexibility index (Phi) is 6.65. The Labute approximate surface area is 180 Å². The molecule has 8 heteroatoms. The van der Waals surface area contributed by atoms with E-state index in [2.05, 4.69) is 11.6 Å². The lowest BCUT2D eigenvalue weighted by molar-refractivity contribution is -0.145. The van der Waals surface area contributed by atoms with Gasteiger partial charge >= 0.3 is 5.97 Å².